The van der Waals surface area contributed by atoms with Gasteiger partial charge >= 0.3 is 0 Å². The Morgan fingerprint density at radius 1 is 1.44 bits per heavy atom. The molecule has 90 valence electrons. The van der Waals surface area contributed by atoms with E-state index in [4.69, 9.17) is 0 Å². The molecule has 0 atom stereocenters. The van der Waals surface area contributed by atoms with Crippen LogP contribution in [0.25, 0.3) is 0 Å². The number of rotatable bonds is 5. The second-order valence-corrected chi connectivity index (χ2v) is 5.44. The van der Waals surface area contributed by atoms with Gasteiger partial charge in [0.2, 0.25) is 10.0 Å². The van der Waals surface area contributed by atoms with Crippen molar-refractivity contribution in [1.29, 1.82) is 0 Å². The summed E-state index contributed by atoms with van der Waals surface area (Å²) in [4.78, 5) is 3.93. The van der Waals surface area contributed by atoms with E-state index in [2.05, 4.69) is 9.71 Å². The van der Waals surface area contributed by atoms with Crippen molar-refractivity contribution >= 4 is 15.8 Å². The summed E-state index contributed by atoms with van der Waals surface area (Å²) in [7, 11) is -3.41. The fourth-order valence-corrected chi connectivity index (χ4v) is 2.37. The normalized spacial score (nSPS) is 11.4. The Labute approximate surface area is 95.6 Å². The fourth-order valence-electron chi connectivity index (χ4n) is 1.16. The first kappa shape index (κ1) is 12.8. The van der Waals surface area contributed by atoms with Crippen LogP contribution >= 0.6 is 0 Å². The number of aryl methyl sites for hydroxylation is 1. The van der Waals surface area contributed by atoms with Crippen LogP contribution in [0.5, 0.6) is 5.75 Å². The summed E-state index contributed by atoms with van der Waals surface area (Å²) in [5.41, 5.74) is 0.644. The van der Waals surface area contributed by atoms with E-state index in [9.17, 15) is 13.5 Å². The van der Waals surface area contributed by atoms with Crippen molar-refractivity contribution in [2.24, 2.45) is 0 Å². The first-order valence-electron chi connectivity index (χ1n) is 5.11. The zero-order valence-corrected chi connectivity index (χ0v) is 10.2. The van der Waals surface area contributed by atoms with Gasteiger partial charge in [0.05, 0.1) is 5.75 Å². The third-order valence-corrected chi connectivity index (χ3v) is 3.36. The lowest BCUT2D eigenvalue weighted by molar-refractivity contribution is 0.475. The van der Waals surface area contributed by atoms with Crippen LogP contribution < -0.4 is 4.72 Å². The zero-order valence-electron chi connectivity index (χ0n) is 9.40. The lowest BCUT2D eigenvalue weighted by Crippen LogP contribution is -2.17. The number of sulfonamides is 1. The first-order chi connectivity index (χ1) is 7.44. The van der Waals surface area contributed by atoms with Gasteiger partial charge in [0.1, 0.15) is 0 Å². The van der Waals surface area contributed by atoms with Crippen LogP contribution in [0.3, 0.4) is 0 Å². The standard InChI is InChI=1S/C10H16N2O3S/c1-3-4-7-16(14,15)12-10-9(13)6-5-8(2)11-10/h5-6,13H,3-4,7H2,1-2H3,(H,11,12). The third-order valence-electron chi connectivity index (χ3n) is 2.03. The Morgan fingerprint density at radius 2 is 2.12 bits per heavy atom. The topological polar surface area (TPSA) is 79.3 Å². The fraction of sp³-hybridized carbons (Fsp3) is 0.500. The van der Waals surface area contributed by atoms with E-state index in [0.29, 0.717) is 12.1 Å². The lowest BCUT2D eigenvalue weighted by atomic mass is 10.3. The van der Waals surface area contributed by atoms with Gasteiger partial charge in [-0.05, 0) is 25.5 Å². The number of nitrogens with one attached hydrogen (secondary N) is 1. The van der Waals surface area contributed by atoms with E-state index < -0.39 is 10.0 Å². The van der Waals surface area contributed by atoms with Gasteiger partial charge in [0.15, 0.2) is 11.6 Å². The molecular formula is C10H16N2O3S. The molecule has 0 aliphatic heterocycles. The molecule has 2 N–H and O–H groups in total. The summed E-state index contributed by atoms with van der Waals surface area (Å²) in [6, 6.07) is 3.03. The monoisotopic (exact) mass is 244 g/mol. The molecule has 0 spiro atoms. The molecule has 1 aromatic heterocycles. The molecule has 6 heteroatoms. The number of aromatic nitrogens is 1. The number of hydrogen-bond acceptors (Lipinski definition) is 4. The van der Waals surface area contributed by atoms with Gasteiger partial charge in [-0.2, -0.15) is 0 Å². The molecular weight excluding hydrogens is 228 g/mol. The molecule has 0 amide bonds. The van der Waals surface area contributed by atoms with Crippen LogP contribution in [0.15, 0.2) is 12.1 Å². The van der Waals surface area contributed by atoms with E-state index in [1.54, 1.807) is 13.0 Å². The smallest absolute Gasteiger partial charge is 0.233 e. The highest BCUT2D eigenvalue weighted by molar-refractivity contribution is 7.92. The molecule has 0 bridgehead atoms. The molecule has 0 saturated carbocycles. The quantitative estimate of drug-likeness (QED) is 0.825. The van der Waals surface area contributed by atoms with Gasteiger partial charge in [0, 0.05) is 5.69 Å². The molecule has 0 aromatic carbocycles. The Kier molecular flexibility index (Phi) is 4.12. The summed E-state index contributed by atoms with van der Waals surface area (Å²) in [5, 5.41) is 9.43. The van der Waals surface area contributed by atoms with Crippen LogP contribution in [-0.2, 0) is 10.0 Å². The van der Waals surface area contributed by atoms with Crippen molar-refractivity contribution in [3.05, 3.63) is 17.8 Å². The number of nitrogens with zero attached hydrogens (tertiary/aromatic N) is 1. The maximum absolute atomic E-state index is 11.6. The lowest BCUT2D eigenvalue weighted by Gasteiger charge is -2.08. The highest BCUT2D eigenvalue weighted by atomic mass is 32.2. The van der Waals surface area contributed by atoms with E-state index in [1.807, 2.05) is 6.92 Å². The predicted octanol–water partition coefficient (Wildman–Crippen LogP) is 1.64. The highest BCUT2D eigenvalue weighted by Gasteiger charge is 2.13. The van der Waals surface area contributed by atoms with Crippen LogP contribution in [0, 0.1) is 6.92 Å². The summed E-state index contributed by atoms with van der Waals surface area (Å²) < 4.78 is 25.4. The van der Waals surface area contributed by atoms with Crippen molar-refractivity contribution in [3.8, 4) is 5.75 Å². The van der Waals surface area contributed by atoms with E-state index >= 15 is 0 Å². The molecule has 0 aliphatic rings. The number of pyridine rings is 1. The van der Waals surface area contributed by atoms with Crippen LogP contribution in [0.2, 0.25) is 0 Å². The minimum absolute atomic E-state index is 0.00361. The minimum Gasteiger partial charge on any atom is -0.504 e. The molecule has 0 saturated heterocycles. The van der Waals surface area contributed by atoms with Gasteiger partial charge in [0.25, 0.3) is 0 Å². The average Bonchev–Trinajstić information content (AvgIpc) is 2.20. The molecule has 0 unspecified atom stereocenters. The number of hydrogen-bond donors (Lipinski definition) is 2. The van der Waals surface area contributed by atoms with Crippen LogP contribution in [-0.4, -0.2) is 24.3 Å². The van der Waals surface area contributed by atoms with E-state index in [0.717, 1.165) is 6.42 Å². The summed E-state index contributed by atoms with van der Waals surface area (Å²) in [6.07, 6.45) is 1.38. The highest BCUT2D eigenvalue weighted by Crippen LogP contribution is 2.21. The van der Waals surface area contributed by atoms with E-state index in [1.165, 1.54) is 6.07 Å². The summed E-state index contributed by atoms with van der Waals surface area (Å²) in [6.45, 7) is 3.64. The summed E-state index contributed by atoms with van der Waals surface area (Å²) in [5.74, 6) is -0.125. The Bertz CT molecular complexity index is 457. The summed E-state index contributed by atoms with van der Waals surface area (Å²) >= 11 is 0. The maximum atomic E-state index is 11.6. The van der Waals surface area contributed by atoms with E-state index in [-0.39, 0.29) is 17.3 Å². The molecule has 16 heavy (non-hydrogen) atoms. The predicted molar refractivity (Wildman–Crippen MR) is 63.0 cm³/mol. The van der Waals surface area contributed by atoms with Gasteiger partial charge in [-0.1, -0.05) is 13.3 Å². The minimum atomic E-state index is -3.41. The van der Waals surface area contributed by atoms with Crippen LogP contribution in [0.1, 0.15) is 25.5 Å². The van der Waals surface area contributed by atoms with Gasteiger partial charge in [-0.3, -0.25) is 4.72 Å². The Balaban J connectivity index is 2.83. The van der Waals surface area contributed by atoms with Crippen molar-refractivity contribution < 1.29 is 13.5 Å². The largest absolute Gasteiger partial charge is 0.504 e. The number of unbranched alkanes of at least 4 members (excludes halogenated alkanes) is 1. The van der Waals surface area contributed by atoms with Gasteiger partial charge < -0.3 is 5.11 Å². The third kappa shape index (κ3) is 3.69. The van der Waals surface area contributed by atoms with Crippen molar-refractivity contribution in [1.82, 2.24) is 4.98 Å². The number of anilines is 1. The van der Waals surface area contributed by atoms with Crippen molar-refractivity contribution in [3.63, 3.8) is 0 Å². The Hall–Kier alpha value is -1.30. The number of aromatic hydroxyl groups is 1. The van der Waals surface area contributed by atoms with Crippen LogP contribution in [0.4, 0.5) is 5.82 Å². The second-order valence-electron chi connectivity index (χ2n) is 3.59. The van der Waals surface area contributed by atoms with Crippen molar-refractivity contribution in [2.45, 2.75) is 26.7 Å². The second kappa shape index (κ2) is 5.16. The Morgan fingerprint density at radius 3 is 2.75 bits per heavy atom. The van der Waals surface area contributed by atoms with Gasteiger partial charge in [-0.15, -0.1) is 0 Å². The zero-order chi connectivity index (χ0) is 12.2. The molecule has 0 aliphatic carbocycles. The van der Waals surface area contributed by atoms with Gasteiger partial charge in [-0.25, -0.2) is 13.4 Å². The molecule has 0 fully saturated rings. The SMILES string of the molecule is CCCCS(=O)(=O)Nc1nc(C)ccc1O. The first-order valence-corrected chi connectivity index (χ1v) is 6.77. The molecule has 5 nitrogen and oxygen atoms in total. The molecule has 1 rings (SSSR count). The average molecular weight is 244 g/mol. The maximum Gasteiger partial charge on any atom is 0.233 e. The van der Waals surface area contributed by atoms with Crippen molar-refractivity contribution in [2.75, 3.05) is 10.5 Å². The molecule has 0 radical (unpaired) electrons. The molecule has 1 heterocycles. The molecule has 1 aromatic rings.